The lowest BCUT2D eigenvalue weighted by molar-refractivity contribution is -0.384. The molecule has 57 heavy (non-hydrogen) atoms. The molecule has 0 aromatic heterocycles. The molecule has 19 heteroatoms. The molecule has 2 aromatic carbocycles. The third kappa shape index (κ3) is 13.9. The Bertz CT molecular complexity index is 1750. The highest BCUT2D eigenvalue weighted by atomic mass is 16.6. The van der Waals surface area contributed by atoms with Crippen LogP contribution in [0.3, 0.4) is 0 Å². The van der Waals surface area contributed by atoms with Crippen molar-refractivity contribution in [3.63, 3.8) is 0 Å². The van der Waals surface area contributed by atoms with E-state index < -0.39 is 77.2 Å². The van der Waals surface area contributed by atoms with Crippen molar-refractivity contribution in [1.82, 2.24) is 26.2 Å². The van der Waals surface area contributed by atoms with Gasteiger partial charge in [0.25, 0.3) is 11.6 Å². The number of nitrogens with one attached hydrogen (secondary N) is 5. The van der Waals surface area contributed by atoms with Gasteiger partial charge < -0.3 is 42.7 Å². The summed E-state index contributed by atoms with van der Waals surface area (Å²) < 4.78 is 0. The Morgan fingerprint density at radius 3 is 2.25 bits per heavy atom. The number of piperidine rings is 1. The third-order valence-corrected chi connectivity index (χ3v) is 9.80. The first-order chi connectivity index (χ1) is 27.1. The molecule has 0 aliphatic carbocycles. The summed E-state index contributed by atoms with van der Waals surface area (Å²) >= 11 is 0. The molecule has 5 amide bonds. The lowest BCUT2D eigenvalue weighted by Crippen LogP contribution is -2.67. The lowest BCUT2D eigenvalue weighted by atomic mass is 9.94. The number of nitro groups is 1. The smallest absolute Gasteiger partial charge is 0.303 e. The molecule has 1 saturated heterocycles. The molecular weight excluding hydrogens is 740 g/mol. The van der Waals surface area contributed by atoms with Gasteiger partial charge in [-0.05, 0) is 82.2 Å². The second kappa shape index (κ2) is 21.8. The number of hydrogen-bond acceptors (Lipinski definition) is 10. The van der Waals surface area contributed by atoms with Crippen molar-refractivity contribution in [3.05, 3.63) is 70.3 Å². The number of rotatable bonds is 21. The zero-order valence-electron chi connectivity index (χ0n) is 32.5. The summed E-state index contributed by atoms with van der Waals surface area (Å²) in [4.78, 5) is 96.3. The molecule has 5 atom stereocenters. The normalized spacial score (nSPS) is 17.0. The van der Waals surface area contributed by atoms with Crippen molar-refractivity contribution in [1.29, 1.82) is 0 Å². The molecule has 3 rings (SSSR count). The predicted octanol–water partition coefficient (Wildman–Crippen LogP) is 1.58. The van der Waals surface area contributed by atoms with Crippen LogP contribution < -0.4 is 38.1 Å². The number of nitrogens with zero attached hydrogens (tertiary/aromatic N) is 3. The SMILES string of the molecule is CC[C@H](C)[C@H](NC(=O)c1ccccc1)C(=O)N[C@@H](CCC(=O)O)C(=O)NCC(=O)N([C@@H](CCCN=C(N)N)C(=O)Nc1ccc([N+](=O)[O-])cc1)C1(C)CCCCN1. The van der Waals surface area contributed by atoms with E-state index in [-0.39, 0.29) is 49.1 Å². The minimum absolute atomic E-state index is 0.0789. The van der Waals surface area contributed by atoms with E-state index in [9.17, 15) is 44.0 Å². The molecule has 1 unspecified atom stereocenters. The van der Waals surface area contributed by atoms with Crippen LogP contribution >= 0.6 is 0 Å². The van der Waals surface area contributed by atoms with Crippen LogP contribution in [-0.4, -0.2) is 99.8 Å². The third-order valence-electron chi connectivity index (χ3n) is 9.80. The highest BCUT2D eigenvalue weighted by Crippen LogP contribution is 2.28. The van der Waals surface area contributed by atoms with Crippen LogP contribution in [0.25, 0.3) is 0 Å². The van der Waals surface area contributed by atoms with Crippen LogP contribution in [0.5, 0.6) is 0 Å². The summed E-state index contributed by atoms with van der Waals surface area (Å²) in [5.74, 6) is -5.10. The summed E-state index contributed by atoms with van der Waals surface area (Å²) in [6, 6.07) is 9.81. The monoisotopic (exact) mass is 794 g/mol. The molecule has 1 aliphatic rings. The van der Waals surface area contributed by atoms with Crippen molar-refractivity contribution in [2.24, 2.45) is 22.4 Å². The molecular formula is C38H54N10O9. The predicted molar refractivity (Wildman–Crippen MR) is 211 cm³/mol. The van der Waals surface area contributed by atoms with Gasteiger partial charge in [-0.25, -0.2) is 0 Å². The number of aliphatic imine (C=N–C) groups is 1. The summed E-state index contributed by atoms with van der Waals surface area (Å²) in [5, 5.41) is 34.5. The molecule has 19 nitrogen and oxygen atoms in total. The summed E-state index contributed by atoms with van der Waals surface area (Å²) in [6.45, 7) is 5.38. The fourth-order valence-electron chi connectivity index (χ4n) is 6.49. The van der Waals surface area contributed by atoms with Gasteiger partial charge >= 0.3 is 5.97 Å². The van der Waals surface area contributed by atoms with E-state index in [1.807, 2.05) is 6.92 Å². The molecule has 0 saturated carbocycles. The van der Waals surface area contributed by atoms with Crippen molar-refractivity contribution in [3.8, 4) is 0 Å². The molecule has 1 fully saturated rings. The Morgan fingerprint density at radius 1 is 0.982 bits per heavy atom. The molecule has 1 aliphatic heterocycles. The highest BCUT2D eigenvalue weighted by molar-refractivity contribution is 6.00. The average molecular weight is 795 g/mol. The summed E-state index contributed by atoms with van der Waals surface area (Å²) in [7, 11) is 0. The number of nitro benzene ring substituents is 1. The average Bonchev–Trinajstić information content (AvgIpc) is 3.18. The van der Waals surface area contributed by atoms with Crippen molar-refractivity contribution >= 4 is 52.8 Å². The Kier molecular flexibility index (Phi) is 17.4. The number of carboxylic acids is 1. The van der Waals surface area contributed by atoms with Crippen molar-refractivity contribution in [2.45, 2.75) is 95.9 Å². The van der Waals surface area contributed by atoms with Gasteiger partial charge in [0.15, 0.2) is 5.96 Å². The topological polar surface area (TPSA) is 294 Å². The van der Waals surface area contributed by atoms with Crippen LogP contribution in [-0.2, 0) is 24.0 Å². The number of benzene rings is 2. The minimum atomic E-state index is -1.40. The first kappa shape index (κ1) is 45.3. The van der Waals surface area contributed by atoms with E-state index in [0.29, 0.717) is 31.4 Å². The standard InChI is InChI=1S/C38H54N10O9/c1-4-24(2)32(46-33(52)25-11-6-5-7-12-25)36(55)45-28(18-19-31(50)51)34(53)42-23-30(49)47(38(3)20-8-9-22-43-38)29(13-10-21-41-37(39)40)35(54)44-26-14-16-27(17-15-26)48(56)57/h5-7,11-12,14-17,24,28-29,32,43H,4,8-10,13,18-23H2,1-3H3,(H,42,53)(H,44,54)(H,45,55)(H,46,52)(H,50,51)(H4,39,40,41)/t24-,28-,29-,32-,38?/m0/s1. The number of guanidine groups is 1. The first-order valence-corrected chi connectivity index (χ1v) is 18.9. The maximum atomic E-state index is 14.3. The van der Waals surface area contributed by atoms with Gasteiger partial charge in [-0.15, -0.1) is 0 Å². The maximum absolute atomic E-state index is 14.3. The van der Waals surface area contributed by atoms with Gasteiger partial charge in [-0.1, -0.05) is 38.5 Å². The molecule has 310 valence electrons. The van der Waals surface area contributed by atoms with Gasteiger partial charge in [-0.3, -0.25) is 49.2 Å². The second-order valence-electron chi connectivity index (χ2n) is 14.1. The van der Waals surface area contributed by atoms with Gasteiger partial charge in [0.05, 0.1) is 17.1 Å². The zero-order chi connectivity index (χ0) is 42.1. The summed E-state index contributed by atoms with van der Waals surface area (Å²) in [5.41, 5.74) is 10.3. The molecule has 0 radical (unpaired) electrons. The van der Waals surface area contributed by atoms with E-state index in [2.05, 4.69) is 31.6 Å². The fraction of sp³-hybridized carbons (Fsp3) is 0.500. The second-order valence-corrected chi connectivity index (χ2v) is 14.1. The Morgan fingerprint density at radius 2 is 1.67 bits per heavy atom. The fourth-order valence-corrected chi connectivity index (χ4v) is 6.49. The number of aliphatic carboxylic acids is 1. The van der Waals surface area contributed by atoms with Crippen LogP contribution in [0.15, 0.2) is 59.6 Å². The number of hydrogen-bond donors (Lipinski definition) is 8. The largest absolute Gasteiger partial charge is 0.481 e. The molecule has 0 bridgehead atoms. The first-order valence-electron chi connectivity index (χ1n) is 18.9. The zero-order valence-corrected chi connectivity index (χ0v) is 32.5. The highest BCUT2D eigenvalue weighted by Gasteiger charge is 2.43. The number of amides is 5. The molecule has 1 heterocycles. The minimum Gasteiger partial charge on any atom is -0.481 e. The van der Waals surface area contributed by atoms with E-state index in [0.717, 1.165) is 6.42 Å². The number of carbonyl (C=O) groups excluding carboxylic acids is 5. The van der Waals surface area contributed by atoms with E-state index in [1.165, 1.54) is 29.2 Å². The van der Waals surface area contributed by atoms with Crippen LogP contribution in [0.1, 0.15) is 82.5 Å². The van der Waals surface area contributed by atoms with Crippen LogP contribution in [0, 0.1) is 16.0 Å². The Hall–Kier alpha value is -6.11. The molecule has 2 aromatic rings. The van der Waals surface area contributed by atoms with Gasteiger partial charge in [-0.2, -0.15) is 0 Å². The Balaban J connectivity index is 1.89. The van der Waals surface area contributed by atoms with E-state index in [1.54, 1.807) is 44.2 Å². The Labute approximate surface area is 330 Å². The number of carbonyl (C=O) groups is 6. The number of carboxylic acid groups (broad SMARTS) is 1. The lowest BCUT2D eigenvalue weighted by Gasteiger charge is -2.48. The maximum Gasteiger partial charge on any atom is 0.303 e. The van der Waals surface area contributed by atoms with Gasteiger partial charge in [0.1, 0.15) is 18.1 Å². The number of non-ortho nitro benzene ring substituents is 1. The molecule has 0 spiro atoms. The van der Waals surface area contributed by atoms with Crippen LogP contribution in [0.4, 0.5) is 11.4 Å². The quantitative estimate of drug-likeness (QED) is 0.0294. The number of nitrogens with two attached hydrogens (primary N) is 2. The van der Waals surface area contributed by atoms with Gasteiger partial charge in [0.2, 0.25) is 23.6 Å². The van der Waals surface area contributed by atoms with Crippen molar-refractivity contribution in [2.75, 3.05) is 25.0 Å². The summed E-state index contributed by atoms with van der Waals surface area (Å²) in [6.07, 6.45) is 1.99. The number of anilines is 1. The van der Waals surface area contributed by atoms with E-state index in [4.69, 9.17) is 11.5 Å². The molecule has 10 N–H and O–H groups in total. The van der Waals surface area contributed by atoms with E-state index >= 15 is 0 Å². The van der Waals surface area contributed by atoms with Gasteiger partial charge in [0, 0.05) is 36.3 Å². The van der Waals surface area contributed by atoms with Crippen LogP contribution in [0.2, 0.25) is 0 Å². The van der Waals surface area contributed by atoms with Crippen molar-refractivity contribution < 1.29 is 38.8 Å².